The van der Waals surface area contributed by atoms with Gasteiger partial charge in [0.25, 0.3) is 5.91 Å². The number of amides is 1. The third-order valence-electron chi connectivity index (χ3n) is 2.01. The standard InChI is InChI=1S/C9H14ClN3O2/c1-4-6(2)15-12-9(14)7-5-8(10)11-13(7)3/h5-6H,4H2,1-3H3,(H,12,14). The van der Waals surface area contributed by atoms with Crippen LogP contribution < -0.4 is 5.48 Å². The molecule has 1 N–H and O–H groups in total. The number of hydrogen-bond donors (Lipinski definition) is 1. The van der Waals surface area contributed by atoms with Crippen LogP contribution >= 0.6 is 11.6 Å². The van der Waals surface area contributed by atoms with Crippen LogP contribution in [0.4, 0.5) is 0 Å². The third-order valence-corrected chi connectivity index (χ3v) is 2.20. The van der Waals surface area contributed by atoms with Gasteiger partial charge in [-0.1, -0.05) is 18.5 Å². The second kappa shape index (κ2) is 5.14. The molecule has 6 heteroatoms. The largest absolute Gasteiger partial charge is 0.293 e. The third kappa shape index (κ3) is 3.21. The van der Waals surface area contributed by atoms with Crippen molar-refractivity contribution in [2.24, 2.45) is 7.05 Å². The average molecular weight is 232 g/mol. The van der Waals surface area contributed by atoms with Crippen LogP contribution in [0.15, 0.2) is 6.07 Å². The summed E-state index contributed by atoms with van der Waals surface area (Å²) in [6.45, 7) is 3.84. The Morgan fingerprint density at radius 1 is 1.80 bits per heavy atom. The summed E-state index contributed by atoms with van der Waals surface area (Å²) in [6.07, 6.45) is 0.810. The van der Waals surface area contributed by atoms with Crippen LogP contribution in [0.5, 0.6) is 0 Å². The summed E-state index contributed by atoms with van der Waals surface area (Å²) in [5.74, 6) is -0.350. The first kappa shape index (κ1) is 12.0. The van der Waals surface area contributed by atoms with E-state index in [0.717, 1.165) is 6.42 Å². The van der Waals surface area contributed by atoms with Crippen LogP contribution in [-0.4, -0.2) is 21.8 Å². The summed E-state index contributed by atoms with van der Waals surface area (Å²) in [4.78, 5) is 16.6. The van der Waals surface area contributed by atoms with E-state index < -0.39 is 0 Å². The Bertz CT molecular complexity index is 351. The molecule has 0 radical (unpaired) electrons. The Labute approximate surface area is 93.3 Å². The first-order valence-corrected chi connectivity index (χ1v) is 5.08. The molecule has 0 aliphatic carbocycles. The molecule has 0 bridgehead atoms. The number of rotatable bonds is 4. The van der Waals surface area contributed by atoms with Gasteiger partial charge in [-0.05, 0) is 13.3 Å². The smallest absolute Gasteiger partial charge is 0.270 e. The Balaban J connectivity index is 2.58. The Hall–Kier alpha value is -1.07. The average Bonchev–Trinajstić information content (AvgIpc) is 2.53. The van der Waals surface area contributed by atoms with Crippen LogP contribution in [0.1, 0.15) is 30.8 Å². The number of carbonyl (C=O) groups excluding carboxylic acids is 1. The highest BCUT2D eigenvalue weighted by Crippen LogP contribution is 2.08. The van der Waals surface area contributed by atoms with Crippen LogP contribution in [0, 0.1) is 0 Å². The number of nitrogens with one attached hydrogen (secondary N) is 1. The topological polar surface area (TPSA) is 56.1 Å². The molecule has 1 aromatic rings. The maximum absolute atomic E-state index is 11.5. The van der Waals surface area contributed by atoms with Crippen molar-refractivity contribution in [2.45, 2.75) is 26.4 Å². The van der Waals surface area contributed by atoms with Gasteiger partial charge < -0.3 is 0 Å². The van der Waals surface area contributed by atoms with E-state index >= 15 is 0 Å². The minimum absolute atomic E-state index is 0.0161. The quantitative estimate of drug-likeness (QED) is 0.800. The van der Waals surface area contributed by atoms with Gasteiger partial charge in [-0.15, -0.1) is 0 Å². The zero-order valence-corrected chi connectivity index (χ0v) is 9.71. The molecule has 0 aliphatic heterocycles. The van der Waals surface area contributed by atoms with Gasteiger partial charge in [0.05, 0.1) is 6.10 Å². The van der Waals surface area contributed by atoms with Gasteiger partial charge >= 0.3 is 0 Å². The Kier molecular flexibility index (Phi) is 4.11. The van der Waals surface area contributed by atoms with Crippen molar-refractivity contribution in [3.05, 3.63) is 16.9 Å². The highest BCUT2D eigenvalue weighted by atomic mass is 35.5. The normalized spacial score (nSPS) is 12.5. The SMILES string of the molecule is CCC(C)ONC(=O)c1cc(Cl)nn1C. The second-order valence-corrected chi connectivity index (χ2v) is 3.63. The zero-order valence-electron chi connectivity index (χ0n) is 8.95. The van der Waals surface area contributed by atoms with Crippen molar-refractivity contribution in [1.82, 2.24) is 15.3 Å². The zero-order chi connectivity index (χ0) is 11.4. The summed E-state index contributed by atoms with van der Waals surface area (Å²) in [7, 11) is 1.64. The monoisotopic (exact) mass is 231 g/mol. The number of aryl methyl sites for hydroxylation is 1. The van der Waals surface area contributed by atoms with E-state index in [0.29, 0.717) is 5.69 Å². The van der Waals surface area contributed by atoms with E-state index in [2.05, 4.69) is 10.6 Å². The van der Waals surface area contributed by atoms with Crippen molar-refractivity contribution < 1.29 is 9.63 Å². The number of aromatic nitrogens is 2. The maximum atomic E-state index is 11.5. The number of carbonyl (C=O) groups is 1. The molecule has 5 nitrogen and oxygen atoms in total. The number of hydroxylamine groups is 1. The van der Waals surface area contributed by atoms with E-state index in [1.165, 1.54) is 10.7 Å². The highest BCUT2D eigenvalue weighted by molar-refractivity contribution is 6.29. The van der Waals surface area contributed by atoms with Gasteiger partial charge in [-0.3, -0.25) is 14.3 Å². The number of halogens is 1. The lowest BCUT2D eigenvalue weighted by Crippen LogP contribution is -2.29. The van der Waals surface area contributed by atoms with Crippen molar-refractivity contribution in [3.63, 3.8) is 0 Å². The van der Waals surface area contributed by atoms with Gasteiger partial charge in [0.1, 0.15) is 5.69 Å². The van der Waals surface area contributed by atoms with Gasteiger partial charge in [0.2, 0.25) is 0 Å². The summed E-state index contributed by atoms with van der Waals surface area (Å²) in [5, 5.41) is 4.13. The molecule has 0 saturated heterocycles. The molecule has 1 aromatic heterocycles. The predicted octanol–water partition coefficient (Wildman–Crippen LogP) is 1.53. The molecular formula is C9H14ClN3O2. The van der Waals surface area contributed by atoms with E-state index in [-0.39, 0.29) is 17.2 Å². The fraction of sp³-hybridized carbons (Fsp3) is 0.556. The number of hydrogen-bond acceptors (Lipinski definition) is 3. The Morgan fingerprint density at radius 3 is 2.93 bits per heavy atom. The minimum Gasteiger partial charge on any atom is -0.270 e. The molecule has 0 aromatic carbocycles. The van der Waals surface area contributed by atoms with E-state index in [1.54, 1.807) is 7.05 Å². The molecule has 1 amide bonds. The first-order chi connectivity index (χ1) is 7.04. The Morgan fingerprint density at radius 2 is 2.47 bits per heavy atom. The fourth-order valence-corrected chi connectivity index (χ4v) is 1.15. The summed E-state index contributed by atoms with van der Waals surface area (Å²) in [6, 6.07) is 1.48. The maximum Gasteiger partial charge on any atom is 0.293 e. The van der Waals surface area contributed by atoms with Crippen LogP contribution in [0.3, 0.4) is 0 Å². The van der Waals surface area contributed by atoms with Gasteiger partial charge in [-0.2, -0.15) is 5.10 Å². The van der Waals surface area contributed by atoms with Gasteiger partial charge in [0, 0.05) is 13.1 Å². The molecule has 0 spiro atoms. The lowest BCUT2D eigenvalue weighted by Gasteiger charge is -2.10. The van der Waals surface area contributed by atoms with Gasteiger partial charge in [0.15, 0.2) is 5.15 Å². The van der Waals surface area contributed by atoms with Crippen molar-refractivity contribution in [3.8, 4) is 0 Å². The van der Waals surface area contributed by atoms with E-state index in [4.69, 9.17) is 16.4 Å². The lowest BCUT2D eigenvalue weighted by atomic mass is 10.3. The molecule has 15 heavy (non-hydrogen) atoms. The molecule has 0 fully saturated rings. The van der Waals surface area contributed by atoms with Crippen molar-refractivity contribution in [1.29, 1.82) is 0 Å². The minimum atomic E-state index is -0.350. The summed E-state index contributed by atoms with van der Waals surface area (Å²) >= 11 is 5.65. The molecule has 1 unspecified atom stereocenters. The van der Waals surface area contributed by atoms with Gasteiger partial charge in [-0.25, -0.2) is 5.48 Å². The van der Waals surface area contributed by atoms with Crippen LogP contribution in [0.2, 0.25) is 5.15 Å². The van der Waals surface area contributed by atoms with E-state index in [1.807, 2.05) is 13.8 Å². The summed E-state index contributed by atoms with van der Waals surface area (Å²) in [5.41, 5.74) is 2.71. The molecule has 84 valence electrons. The van der Waals surface area contributed by atoms with Crippen LogP contribution in [-0.2, 0) is 11.9 Å². The number of nitrogens with zero attached hydrogens (tertiary/aromatic N) is 2. The van der Waals surface area contributed by atoms with E-state index in [9.17, 15) is 4.79 Å². The van der Waals surface area contributed by atoms with Crippen LogP contribution in [0.25, 0.3) is 0 Å². The van der Waals surface area contributed by atoms with Crippen molar-refractivity contribution >= 4 is 17.5 Å². The van der Waals surface area contributed by atoms with Crippen molar-refractivity contribution in [2.75, 3.05) is 0 Å². The molecule has 0 aliphatic rings. The fourth-order valence-electron chi connectivity index (χ4n) is 0.935. The molecule has 0 saturated carbocycles. The molecular weight excluding hydrogens is 218 g/mol. The first-order valence-electron chi connectivity index (χ1n) is 4.70. The highest BCUT2D eigenvalue weighted by Gasteiger charge is 2.13. The molecule has 1 rings (SSSR count). The molecule has 1 heterocycles. The summed E-state index contributed by atoms with van der Waals surface area (Å²) < 4.78 is 1.40. The second-order valence-electron chi connectivity index (χ2n) is 3.24. The predicted molar refractivity (Wildman–Crippen MR) is 56.5 cm³/mol. The lowest BCUT2D eigenvalue weighted by molar-refractivity contribution is -0.00952. The molecule has 1 atom stereocenters.